The standard InChI is InChI=1S/C23H20N2O2S/c1-15-3-6-17(7-4-15)12-20-14-24-23(28-20)25-22(26)18-9-10-27-21-8-5-16(2)11-19(21)13-18/h3-11,13-14H,12H2,1-2H3,(H,24,25,26). The van der Waals surface area contributed by atoms with E-state index in [1.54, 1.807) is 6.08 Å². The van der Waals surface area contributed by atoms with Gasteiger partial charge in [0, 0.05) is 28.6 Å². The number of anilines is 1. The summed E-state index contributed by atoms with van der Waals surface area (Å²) in [7, 11) is 0. The van der Waals surface area contributed by atoms with Crippen molar-refractivity contribution in [3.63, 3.8) is 0 Å². The Morgan fingerprint density at radius 3 is 2.71 bits per heavy atom. The molecule has 0 unspecified atom stereocenters. The van der Waals surface area contributed by atoms with Crippen molar-refractivity contribution in [3.05, 3.63) is 93.7 Å². The molecule has 4 nitrogen and oxygen atoms in total. The minimum atomic E-state index is -0.203. The van der Waals surface area contributed by atoms with Crippen LogP contribution >= 0.6 is 11.3 Å². The molecule has 140 valence electrons. The first-order chi connectivity index (χ1) is 13.6. The zero-order valence-corrected chi connectivity index (χ0v) is 16.5. The number of fused-ring (bicyclic) bond motifs is 1. The summed E-state index contributed by atoms with van der Waals surface area (Å²) in [5.41, 5.74) is 4.99. The number of ether oxygens (including phenoxy) is 1. The van der Waals surface area contributed by atoms with Crippen LogP contribution in [0.4, 0.5) is 5.13 Å². The first kappa shape index (κ1) is 18.2. The number of thiazole rings is 1. The highest BCUT2D eigenvalue weighted by Crippen LogP contribution is 2.27. The van der Waals surface area contributed by atoms with Gasteiger partial charge in [0.15, 0.2) is 5.13 Å². The molecule has 5 heteroatoms. The minimum Gasteiger partial charge on any atom is -0.464 e. The SMILES string of the molecule is Cc1ccc(Cc2cnc(NC(=O)C3=Cc4cc(C)ccc4OC=C3)s2)cc1. The second kappa shape index (κ2) is 7.82. The van der Waals surface area contributed by atoms with Crippen LogP contribution in [0.3, 0.4) is 0 Å². The average Bonchev–Trinajstić information content (AvgIpc) is 2.99. The van der Waals surface area contributed by atoms with E-state index in [9.17, 15) is 4.79 Å². The van der Waals surface area contributed by atoms with Crippen molar-refractivity contribution in [2.75, 3.05) is 5.32 Å². The van der Waals surface area contributed by atoms with Crippen LogP contribution in [0.15, 0.2) is 66.6 Å². The van der Waals surface area contributed by atoms with Crippen molar-refractivity contribution in [2.24, 2.45) is 0 Å². The Labute approximate surface area is 168 Å². The van der Waals surface area contributed by atoms with Crippen molar-refractivity contribution in [1.29, 1.82) is 0 Å². The van der Waals surface area contributed by atoms with Gasteiger partial charge in [-0.25, -0.2) is 4.98 Å². The molecule has 28 heavy (non-hydrogen) atoms. The van der Waals surface area contributed by atoms with Crippen molar-refractivity contribution in [1.82, 2.24) is 4.98 Å². The molecule has 0 radical (unpaired) electrons. The summed E-state index contributed by atoms with van der Waals surface area (Å²) in [6, 6.07) is 14.3. The van der Waals surface area contributed by atoms with Crippen LogP contribution in [-0.4, -0.2) is 10.9 Å². The molecular weight excluding hydrogens is 368 g/mol. The summed E-state index contributed by atoms with van der Waals surface area (Å²) in [5, 5.41) is 3.49. The maximum absolute atomic E-state index is 12.7. The molecule has 2 heterocycles. The van der Waals surface area contributed by atoms with Crippen molar-refractivity contribution in [2.45, 2.75) is 20.3 Å². The van der Waals surface area contributed by atoms with Crippen LogP contribution in [0, 0.1) is 13.8 Å². The predicted molar refractivity (Wildman–Crippen MR) is 114 cm³/mol. The van der Waals surface area contributed by atoms with E-state index in [1.165, 1.54) is 28.7 Å². The number of amides is 1. The van der Waals surface area contributed by atoms with Crippen molar-refractivity contribution >= 4 is 28.5 Å². The molecule has 0 spiro atoms. The monoisotopic (exact) mass is 388 g/mol. The van der Waals surface area contributed by atoms with Crippen LogP contribution in [0.5, 0.6) is 5.75 Å². The summed E-state index contributed by atoms with van der Waals surface area (Å²) < 4.78 is 5.59. The fourth-order valence-electron chi connectivity index (χ4n) is 2.95. The Kier molecular flexibility index (Phi) is 5.08. The van der Waals surface area contributed by atoms with E-state index in [0.29, 0.717) is 10.7 Å². The summed E-state index contributed by atoms with van der Waals surface area (Å²) in [5.74, 6) is 0.532. The van der Waals surface area contributed by atoms with Gasteiger partial charge in [-0.3, -0.25) is 10.1 Å². The maximum Gasteiger partial charge on any atom is 0.257 e. The van der Waals surface area contributed by atoms with E-state index in [-0.39, 0.29) is 5.91 Å². The highest BCUT2D eigenvalue weighted by Gasteiger charge is 2.14. The lowest BCUT2D eigenvalue weighted by Gasteiger charge is -2.04. The summed E-state index contributed by atoms with van der Waals surface area (Å²) in [6.07, 6.45) is 7.67. The van der Waals surface area contributed by atoms with Crippen molar-refractivity contribution < 1.29 is 9.53 Å². The number of nitrogens with one attached hydrogen (secondary N) is 1. The third-order valence-electron chi connectivity index (χ3n) is 4.45. The smallest absolute Gasteiger partial charge is 0.257 e. The van der Waals surface area contributed by atoms with E-state index in [2.05, 4.69) is 41.5 Å². The lowest BCUT2D eigenvalue weighted by atomic mass is 10.1. The van der Waals surface area contributed by atoms with E-state index >= 15 is 0 Å². The molecule has 0 atom stereocenters. The van der Waals surface area contributed by atoms with Gasteiger partial charge in [0.2, 0.25) is 0 Å². The Morgan fingerprint density at radius 1 is 1.11 bits per heavy atom. The molecule has 0 saturated heterocycles. The highest BCUT2D eigenvalue weighted by atomic mass is 32.1. The van der Waals surface area contributed by atoms with Gasteiger partial charge >= 0.3 is 0 Å². The maximum atomic E-state index is 12.7. The van der Waals surface area contributed by atoms with Gasteiger partial charge in [-0.05, 0) is 43.7 Å². The van der Waals surface area contributed by atoms with Crippen molar-refractivity contribution in [3.8, 4) is 5.75 Å². The van der Waals surface area contributed by atoms with Gasteiger partial charge in [-0.1, -0.05) is 41.5 Å². The van der Waals surface area contributed by atoms with E-state index in [4.69, 9.17) is 4.74 Å². The second-order valence-electron chi connectivity index (χ2n) is 6.81. The van der Waals surface area contributed by atoms with Crippen LogP contribution < -0.4 is 10.1 Å². The molecule has 0 saturated carbocycles. The number of benzene rings is 2. The lowest BCUT2D eigenvalue weighted by Crippen LogP contribution is -2.12. The van der Waals surface area contributed by atoms with Crippen LogP contribution in [0.2, 0.25) is 0 Å². The first-order valence-corrected chi connectivity index (χ1v) is 9.86. The molecule has 0 bridgehead atoms. The molecule has 1 amide bonds. The van der Waals surface area contributed by atoms with Gasteiger partial charge in [0.1, 0.15) is 5.75 Å². The Hall–Kier alpha value is -3.18. The van der Waals surface area contributed by atoms with Gasteiger partial charge in [-0.15, -0.1) is 11.3 Å². The van der Waals surface area contributed by atoms with E-state index in [1.807, 2.05) is 37.4 Å². The quantitative estimate of drug-likeness (QED) is 0.662. The zero-order valence-electron chi connectivity index (χ0n) is 15.7. The normalized spacial score (nSPS) is 12.6. The number of nitrogens with zero attached hydrogens (tertiary/aromatic N) is 1. The molecule has 2 aromatic carbocycles. The summed E-state index contributed by atoms with van der Waals surface area (Å²) >= 11 is 1.49. The Balaban J connectivity index is 1.48. The van der Waals surface area contributed by atoms with E-state index < -0.39 is 0 Å². The fraction of sp³-hybridized carbons (Fsp3) is 0.130. The molecular formula is C23H20N2O2S. The molecule has 0 fully saturated rings. The molecule has 1 N–H and O–H groups in total. The Morgan fingerprint density at radius 2 is 1.89 bits per heavy atom. The van der Waals surface area contributed by atoms with Crippen LogP contribution in [0.1, 0.15) is 27.1 Å². The number of carbonyl (C=O) groups excluding carboxylic acids is 1. The average molecular weight is 388 g/mol. The van der Waals surface area contributed by atoms with Gasteiger partial charge in [-0.2, -0.15) is 0 Å². The van der Waals surface area contributed by atoms with Crippen LogP contribution in [0.25, 0.3) is 6.08 Å². The third-order valence-corrected chi connectivity index (χ3v) is 5.37. The Bertz CT molecular complexity index is 1080. The van der Waals surface area contributed by atoms with E-state index in [0.717, 1.165) is 28.2 Å². The van der Waals surface area contributed by atoms with Gasteiger partial charge in [0.05, 0.1) is 6.26 Å². The fourth-order valence-corrected chi connectivity index (χ4v) is 3.79. The molecule has 3 aromatic rings. The molecule has 1 aromatic heterocycles. The first-order valence-electron chi connectivity index (χ1n) is 9.04. The van der Waals surface area contributed by atoms with Gasteiger partial charge < -0.3 is 4.74 Å². The number of rotatable bonds is 4. The summed E-state index contributed by atoms with van der Waals surface area (Å²) in [6.45, 7) is 4.09. The third kappa shape index (κ3) is 4.21. The number of hydrogen-bond acceptors (Lipinski definition) is 4. The molecule has 1 aliphatic heterocycles. The number of carbonyl (C=O) groups is 1. The second-order valence-corrected chi connectivity index (χ2v) is 7.92. The topological polar surface area (TPSA) is 51.2 Å². The van der Waals surface area contributed by atoms with Gasteiger partial charge in [0.25, 0.3) is 5.91 Å². The largest absolute Gasteiger partial charge is 0.464 e. The highest BCUT2D eigenvalue weighted by molar-refractivity contribution is 7.15. The number of hydrogen-bond donors (Lipinski definition) is 1. The molecule has 1 aliphatic rings. The minimum absolute atomic E-state index is 0.203. The number of aromatic nitrogens is 1. The molecule has 4 rings (SSSR count). The zero-order chi connectivity index (χ0) is 19.5. The summed E-state index contributed by atoms with van der Waals surface area (Å²) in [4.78, 5) is 18.2. The molecule has 0 aliphatic carbocycles. The van der Waals surface area contributed by atoms with Crippen LogP contribution in [-0.2, 0) is 11.2 Å². The lowest BCUT2D eigenvalue weighted by molar-refractivity contribution is -0.112. The number of aryl methyl sites for hydroxylation is 2. The predicted octanol–water partition coefficient (Wildman–Crippen LogP) is 5.28.